The monoisotopic (exact) mass is 336 g/mol. The second kappa shape index (κ2) is 7.25. The highest BCUT2D eigenvalue weighted by Gasteiger charge is 2.53. The summed E-state index contributed by atoms with van der Waals surface area (Å²) in [4.78, 5) is 0. The van der Waals surface area contributed by atoms with E-state index in [-0.39, 0.29) is 0 Å². The Morgan fingerprint density at radius 1 is 1.08 bits per heavy atom. The fourth-order valence-electron chi connectivity index (χ4n) is 2.57. The second-order valence-corrected chi connectivity index (χ2v) is 6.86. The molecule has 0 aliphatic carbocycles. The molecule has 1 aliphatic rings. The molecule has 1 saturated heterocycles. The third-order valence-corrected chi connectivity index (χ3v) is 4.74. The van der Waals surface area contributed by atoms with E-state index in [9.17, 15) is 0 Å². The smallest absolute Gasteiger partial charge is 0.496 e. The van der Waals surface area contributed by atoms with Crippen molar-refractivity contribution in [3.63, 3.8) is 0 Å². The number of hydrogen-bond donors (Lipinski definition) is 0. The summed E-state index contributed by atoms with van der Waals surface area (Å²) in [5.74, 6) is 0.607. The molecule has 0 amide bonds. The van der Waals surface area contributed by atoms with E-state index in [1.807, 2.05) is 45.9 Å². The molecule has 1 fully saturated rings. The second-order valence-electron chi connectivity index (χ2n) is 6.86. The summed E-state index contributed by atoms with van der Waals surface area (Å²) in [5, 5.41) is 0. The van der Waals surface area contributed by atoms with E-state index in [4.69, 9.17) is 18.8 Å². The maximum atomic E-state index is 15.3. The van der Waals surface area contributed by atoms with Crippen LogP contribution in [0.5, 0.6) is 5.75 Å². The van der Waals surface area contributed by atoms with Gasteiger partial charge in [0.1, 0.15) is 11.5 Å². The van der Waals surface area contributed by atoms with Gasteiger partial charge in [0.25, 0.3) is 0 Å². The molecule has 132 valence electrons. The van der Waals surface area contributed by atoms with Gasteiger partial charge >= 0.3 is 7.12 Å². The van der Waals surface area contributed by atoms with Crippen LogP contribution >= 0.6 is 0 Å². The Labute approximate surface area is 144 Å². The van der Waals surface area contributed by atoms with Crippen LogP contribution in [0.3, 0.4) is 0 Å². The van der Waals surface area contributed by atoms with Crippen molar-refractivity contribution in [2.24, 2.45) is 0 Å². The largest absolute Gasteiger partial charge is 0.525 e. The van der Waals surface area contributed by atoms with Gasteiger partial charge in [-0.05, 0) is 45.8 Å². The van der Waals surface area contributed by atoms with Gasteiger partial charge in [-0.25, -0.2) is 4.39 Å². The zero-order chi connectivity index (χ0) is 18.0. The summed E-state index contributed by atoms with van der Waals surface area (Å²) >= 11 is 0. The predicted molar refractivity (Wildman–Crippen MR) is 93.6 cm³/mol. The van der Waals surface area contributed by atoms with E-state index in [1.165, 1.54) is 0 Å². The van der Waals surface area contributed by atoms with Gasteiger partial charge in [0, 0.05) is 12.7 Å². The van der Waals surface area contributed by atoms with Gasteiger partial charge in [0.15, 0.2) is 0 Å². The normalized spacial score (nSPS) is 20.0. The fourth-order valence-corrected chi connectivity index (χ4v) is 2.57. The molecule has 0 atom stereocenters. The lowest BCUT2D eigenvalue weighted by molar-refractivity contribution is 0.00578. The zero-order valence-electron chi connectivity index (χ0n) is 15.3. The molecule has 0 N–H and O–H groups in total. The molecule has 0 unspecified atom stereocenters. The van der Waals surface area contributed by atoms with Crippen molar-refractivity contribution >= 4 is 12.7 Å². The van der Waals surface area contributed by atoms with Gasteiger partial charge < -0.3 is 18.8 Å². The SMILES string of the molecule is COCCC(=C(F)B1OC(C)(C)C(C)(C)O1)c1ccccc1OC. The number of para-hydroxylation sites is 1. The highest BCUT2D eigenvalue weighted by molar-refractivity contribution is 6.55. The van der Waals surface area contributed by atoms with E-state index in [1.54, 1.807) is 20.3 Å². The van der Waals surface area contributed by atoms with Crippen LogP contribution in [-0.2, 0) is 14.0 Å². The lowest BCUT2D eigenvalue weighted by Gasteiger charge is -2.32. The van der Waals surface area contributed by atoms with Gasteiger partial charge in [-0.15, -0.1) is 0 Å². The lowest BCUT2D eigenvalue weighted by atomic mass is 9.81. The minimum absolute atomic E-state index is 0.389. The standard InChI is InChI=1S/C18H26BFO4/c1-17(2)18(3,4)24-19(23-17)16(20)14(11-12-21-5)13-9-7-8-10-15(13)22-6/h7-10H,11-12H2,1-6H3. The Kier molecular flexibility index (Phi) is 5.73. The first-order valence-electron chi connectivity index (χ1n) is 8.10. The number of benzene rings is 1. The van der Waals surface area contributed by atoms with Crippen LogP contribution in [0.2, 0.25) is 0 Å². The lowest BCUT2D eigenvalue weighted by Crippen LogP contribution is -2.41. The third kappa shape index (κ3) is 3.66. The van der Waals surface area contributed by atoms with E-state index in [0.717, 1.165) is 0 Å². The maximum absolute atomic E-state index is 15.3. The predicted octanol–water partition coefficient (Wildman–Crippen LogP) is 4.04. The molecule has 1 aliphatic heterocycles. The Bertz CT molecular complexity index is 597. The van der Waals surface area contributed by atoms with E-state index in [2.05, 4.69) is 0 Å². The third-order valence-electron chi connectivity index (χ3n) is 4.74. The number of hydrogen-bond acceptors (Lipinski definition) is 4. The molecule has 2 rings (SSSR count). The number of halogens is 1. The van der Waals surface area contributed by atoms with Gasteiger partial charge in [-0.1, -0.05) is 18.2 Å². The highest BCUT2D eigenvalue weighted by atomic mass is 19.1. The summed E-state index contributed by atoms with van der Waals surface area (Å²) in [6, 6.07) is 7.33. The van der Waals surface area contributed by atoms with E-state index < -0.39 is 24.0 Å². The quantitative estimate of drug-likeness (QED) is 0.735. The number of rotatable bonds is 6. The van der Waals surface area contributed by atoms with Crippen molar-refractivity contribution in [1.29, 1.82) is 0 Å². The Balaban J connectivity index is 2.45. The van der Waals surface area contributed by atoms with Crippen molar-refractivity contribution in [2.45, 2.75) is 45.3 Å². The minimum atomic E-state index is -1.04. The van der Waals surface area contributed by atoms with E-state index >= 15 is 4.39 Å². The van der Waals surface area contributed by atoms with Crippen molar-refractivity contribution in [2.75, 3.05) is 20.8 Å². The first kappa shape index (κ1) is 19.0. The summed E-state index contributed by atoms with van der Waals surface area (Å²) in [6.07, 6.45) is 0.396. The van der Waals surface area contributed by atoms with Crippen LogP contribution in [0, 0.1) is 0 Å². The first-order chi connectivity index (χ1) is 11.2. The molecule has 0 radical (unpaired) electrons. The summed E-state index contributed by atoms with van der Waals surface area (Å²) < 4.78 is 37.5. The molecule has 1 heterocycles. The number of ether oxygens (including phenoxy) is 2. The van der Waals surface area contributed by atoms with E-state index in [0.29, 0.717) is 29.9 Å². The molecule has 6 heteroatoms. The minimum Gasteiger partial charge on any atom is -0.496 e. The molecule has 0 aromatic heterocycles. The topological polar surface area (TPSA) is 36.9 Å². The summed E-state index contributed by atoms with van der Waals surface area (Å²) in [6.45, 7) is 7.99. The average molecular weight is 336 g/mol. The summed E-state index contributed by atoms with van der Waals surface area (Å²) in [5.41, 5.74) is -0.461. The van der Waals surface area contributed by atoms with Crippen LogP contribution < -0.4 is 4.74 Å². The Hall–Kier alpha value is -1.37. The Morgan fingerprint density at radius 3 is 2.21 bits per heavy atom. The van der Waals surface area contributed by atoms with Crippen LogP contribution in [-0.4, -0.2) is 39.1 Å². The van der Waals surface area contributed by atoms with Crippen molar-refractivity contribution < 1.29 is 23.2 Å². The molecule has 0 saturated carbocycles. The molecular weight excluding hydrogens is 310 g/mol. The van der Waals surface area contributed by atoms with Gasteiger partial charge in [0.2, 0.25) is 0 Å². The average Bonchev–Trinajstić information content (AvgIpc) is 2.76. The Morgan fingerprint density at radius 2 is 1.67 bits per heavy atom. The molecule has 1 aromatic rings. The molecular formula is C18H26BFO4. The van der Waals surface area contributed by atoms with Crippen LogP contribution in [0.1, 0.15) is 39.7 Å². The molecule has 24 heavy (non-hydrogen) atoms. The van der Waals surface area contributed by atoms with Crippen LogP contribution in [0.4, 0.5) is 4.39 Å². The van der Waals surface area contributed by atoms with Crippen molar-refractivity contribution in [1.82, 2.24) is 0 Å². The molecule has 0 spiro atoms. The summed E-state index contributed by atoms with van der Waals surface area (Å²) in [7, 11) is 2.12. The fraction of sp³-hybridized carbons (Fsp3) is 0.556. The van der Waals surface area contributed by atoms with Crippen molar-refractivity contribution in [3.8, 4) is 5.75 Å². The van der Waals surface area contributed by atoms with Crippen molar-refractivity contribution in [3.05, 3.63) is 35.6 Å². The molecule has 1 aromatic carbocycles. The van der Waals surface area contributed by atoms with Gasteiger partial charge in [0.05, 0.1) is 24.9 Å². The first-order valence-corrected chi connectivity index (χ1v) is 8.10. The van der Waals surface area contributed by atoms with Crippen LogP contribution in [0.25, 0.3) is 5.57 Å². The number of methoxy groups -OCH3 is 2. The maximum Gasteiger partial charge on any atom is 0.525 e. The molecule has 0 bridgehead atoms. The van der Waals surface area contributed by atoms with Crippen LogP contribution in [0.15, 0.2) is 30.0 Å². The highest BCUT2D eigenvalue weighted by Crippen LogP contribution is 2.41. The zero-order valence-corrected chi connectivity index (χ0v) is 15.3. The van der Waals surface area contributed by atoms with Gasteiger partial charge in [-0.2, -0.15) is 0 Å². The molecule has 4 nitrogen and oxygen atoms in total. The van der Waals surface area contributed by atoms with Gasteiger partial charge in [-0.3, -0.25) is 0 Å².